The second kappa shape index (κ2) is 7.52. The molecule has 1 aromatic carbocycles. The fourth-order valence-corrected chi connectivity index (χ4v) is 1.67. The van der Waals surface area contributed by atoms with E-state index in [4.69, 9.17) is 0 Å². The van der Waals surface area contributed by atoms with Crippen LogP contribution in [-0.4, -0.2) is 36.3 Å². The minimum atomic E-state index is -3.60. The molecule has 9 heteroatoms. The van der Waals surface area contributed by atoms with Crippen LogP contribution >= 0.6 is 0 Å². The quantitative estimate of drug-likeness (QED) is 0.512. The molecule has 0 aliphatic carbocycles. The molecule has 0 spiro atoms. The van der Waals surface area contributed by atoms with Crippen molar-refractivity contribution in [2.45, 2.75) is 25.5 Å². The maximum atomic E-state index is 12.0. The summed E-state index contributed by atoms with van der Waals surface area (Å²) in [6, 6.07) is 5.08. The molecular weight excluding hydrogens is 385 g/mol. The molecule has 22 heavy (non-hydrogen) atoms. The number of carbonyl (C=O) groups excluding carboxylic acids is 2. The summed E-state index contributed by atoms with van der Waals surface area (Å²) >= 11 is 0. The van der Waals surface area contributed by atoms with Crippen LogP contribution in [-0.2, 0) is 52.1 Å². The van der Waals surface area contributed by atoms with Crippen molar-refractivity contribution < 1.29 is 55.8 Å². The van der Waals surface area contributed by atoms with E-state index in [1.807, 2.05) is 0 Å². The molecule has 1 radical (unpaired) electrons. The number of anilines is 2. The van der Waals surface area contributed by atoms with Crippen molar-refractivity contribution in [1.82, 2.24) is 0 Å². The molecule has 0 bridgehead atoms. The summed E-state index contributed by atoms with van der Waals surface area (Å²) < 4.78 is 21.5. The van der Waals surface area contributed by atoms with Gasteiger partial charge in [-0.3, -0.25) is 9.59 Å². The van der Waals surface area contributed by atoms with E-state index >= 15 is 0 Å². The van der Waals surface area contributed by atoms with Crippen LogP contribution in [0, 0.1) is 6.07 Å². The summed E-state index contributed by atoms with van der Waals surface area (Å²) in [6.45, 7) is 3.84. The van der Waals surface area contributed by atoms with Gasteiger partial charge in [-0.15, -0.1) is 12.1 Å². The normalized spacial score (nSPS) is 11.3. The second-order valence-corrected chi connectivity index (χ2v) is 7.63. The third-order valence-electron chi connectivity index (χ3n) is 2.96. The van der Waals surface area contributed by atoms with Gasteiger partial charge in [-0.25, -0.2) is 8.42 Å². The zero-order chi connectivity index (χ0) is 16.4. The monoisotopic (exact) mass is 402 g/mol. The van der Waals surface area contributed by atoms with Gasteiger partial charge in [0.25, 0.3) is 0 Å². The minimum absolute atomic E-state index is 0. The van der Waals surface area contributed by atoms with Crippen LogP contribution in [0.5, 0.6) is 5.75 Å². The maximum absolute atomic E-state index is 12.0. The first-order valence-electron chi connectivity index (χ1n) is 5.98. The summed E-state index contributed by atoms with van der Waals surface area (Å²) in [7, 11) is -3.60. The average molecular weight is 402 g/mol. The molecule has 2 amide bonds. The Balaban J connectivity index is 0.00000441. The fraction of sp³-hybridized carbons (Fsp3) is 0.385. The Labute approximate surface area is 154 Å². The molecule has 119 valence electrons. The van der Waals surface area contributed by atoms with Crippen LogP contribution < -0.4 is 10.6 Å². The van der Waals surface area contributed by atoms with Crippen molar-refractivity contribution in [2.24, 2.45) is 0 Å². The van der Waals surface area contributed by atoms with Crippen molar-refractivity contribution in [1.29, 1.82) is 0 Å². The van der Waals surface area contributed by atoms with Gasteiger partial charge in [-0.1, -0.05) is 5.69 Å². The smallest absolute Gasteiger partial charge is 0.243 e. The first-order valence-corrected chi connectivity index (χ1v) is 7.87. The molecule has 1 aromatic rings. The Kier molecular flexibility index (Phi) is 7.19. The Hall–Kier alpha value is -0.986. The van der Waals surface area contributed by atoms with E-state index in [0.717, 1.165) is 6.26 Å². The fourth-order valence-electron chi connectivity index (χ4n) is 1.28. The van der Waals surface area contributed by atoms with Crippen LogP contribution in [0.3, 0.4) is 0 Å². The molecule has 7 nitrogen and oxygen atoms in total. The predicted octanol–water partition coefficient (Wildman–Crippen LogP) is 0.910. The number of hydrogen-bond donors (Lipinski definition) is 3. The molecule has 1 rings (SSSR count). The van der Waals surface area contributed by atoms with Gasteiger partial charge in [0.15, 0.2) is 9.84 Å². The molecular formula is C13H17N2O5SY-. The molecule has 0 atom stereocenters. The van der Waals surface area contributed by atoms with Crippen LogP contribution in [0.25, 0.3) is 0 Å². The van der Waals surface area contributed by atoms with Crippen molar-refractivity contribution in [3.63, 3.8) is 0 Å². The SMILES string of the molecule is CC(=O)Nc1c[c-]c(NC(=O)C(C)(C)S(C)(=O)=O)cc1O.[Y]. The van der Waals surface area contributed by atoms with Gasteiger partial charge in [0, 0.05) is 51.6 Å². The number of nitrogens with one attached hydrogen (secondary N) is 2. The Bertz CT molecular complexity index is 686. The number of benzene rings is 1. The summed E-state index contributed by atoms with van der Waals surface area (Å²) in [5, 5.41) is 14.5. The largest absolute Gasteiger partial charge is 0.531 e. The van der Waals surface area contributed by atoms with E-state index < -0.39 is 20.5 Å². The van der Waals surface area contributed by atoms with E-state index in [1.165, 1.54) is 32.9 Å². The van der Waals surface area contributed by atoms with E-state index in [9.17, 15) is 23.1 Å². The molecule has 0 aliphatic heterocycles. The molecule has 0 unspecified atom stereocenters. The van der Waals surface area contributed by atoms with Crippen LogP contribution in [0.15, 0.2) is 12.1 Å². The van der Waals surface area contributed by atoms with Crippen molar-refractivity contribution >= 4 is 33.0 Å². The van der Waals surface area contributed by atoms with Gasteiger partial charge < -0.3 is 15.7 Å². The van der Waals surface area contributed by atoms with E-state index in [1.54, 1.807) is 0 Å². The first kappa shape index (κ1) is 21.0. The van der Waals surface area contributed by atoms with Crippen molar-refractivity contribution in [3.8, 4) is 5.75 Å². The van der Waals surface area contributed by atoms with Gasteiger partial charge in [-0.05, 0) is 19.5 Å². The maximum Gasteiger partial charge on any atom is 0.243 e. The van der Waals surface area contributed by atoms with E-state index in [0.29, 0.717) is 0 Å². The van der Waals surface area contributed by atoms with Gasteiger partial charge in [0.2, 0.25) is 11.8 Å². The topological polar surface area (TPSA) is 113 Å². The summed E-state index contributed by atoms with van der Waals surface area (Å²) in [6.07, 6.45) is 0.966. The number of rotatable bonds is 4. The van der Waals surface area contributed by atoms with E-state index in [-0.39, 0.29) is 55.7 Å². The number of carbonyl (C=O) groups is 2. The van der Waals surface area contributed by atoms with Crippen molar-refractivity contribution in [3.05, 3.63) is 18.2 Å². The average Bonchev–Trinajstić information content (AvgIpc) is 2.30. The van der Waals surface area contributed by atoms with Gasteiger partial charge in [0.05, 0.1) is 0 Å². The standard InChI is InChI=1S/C13H17N2O5S.Y/c1-8(16)14-10-6-5-9(7-11(10)17)15-12(18)13(2,3)21(4,19)20;/h6-7,17H,1-4H3,(H,14,16)(H,15,18);/q-1;. The van der Waals surface area contributed by atoms with E-state index in [2.05, 4.69) is 16.7 Å². The predicted molar refractivity (Wildman–Crippen MR) is 78.8 cm³/mol. The zero-order valence-electron chi connectivity index (χ0n) is 12.7. The van der Waals surface area contributed by atoms with Gasteiger partial charge in [0.1, 0.15) is 4.75 Å². The molecule has 3 N–H and O–H groups in total. The minimum Gasteiger partial charge on any atom is -0.531 e. The number of amides is 2. The van der Waals surface area contributed by atoms with Crippen LogP contribution in [0.4, 0.5) is 11.4 Å². The Morgan fingerprint density at radius 3 is 2.23 bits per heavy atom. The number of phenolic OH excluding ortho intramolecular Hbond substituents is 1. The molecule has 0 fully saturated rings. The van der Waals surface area contributed by atoms with Crippen molar-refractivity contribution in [2.75, 3.05) is 16.9 Å². The second-order valence-electron chi connectivity index (χ2n) is 5.06. The summed E-state index contributed by atoms with van der Waals surface area (Å²) in [5.41, 5.74) is 0.242. The molecule has 0 saturated carbocycles. The zero-order valence-corrected chi connectivity index (χ0v) is 16.4. The third-order valence-corrected chi connectivity index (χ3v) is 5.00. The van der Waals surface area contributed by atoms with Gasteiger partial charge in [-0.2, -0.15) is 6.07 Å². The van der Waals surface area contributed by atoms with Crippen LogP contribution in [0.2, 0.25) is 0 Å². The number of sulfone groups is 1. The number of hydrogen-bond acceptors (Lipinski definition) is 5. The summed E-state index contributed by atoms with van der Waals surface area (Å²) in [5.74, 6) is -1.38. The first-order chi connectivity index (χ1) is 9.45. The molecule has 0 heterocycles. The molecule has 0 saturated heterocycles. The number of aromatic hydroxyl groups is 1. The number of phenols is 1. The van der Waals surface area contributed by atoms with Crippen LogP contribution in [0.1, 0.15) is 20.8 Å². The molecule has 0 aliphatic rings. The Morgan fingerprint density at radius 1 is 1.27 bits per heavy atom. The third kappa shape index (κ3) is 5.03. The molecule has 0 aromatic heterocycles. The Morgan fingerprint density at radius 2 is 1.82 bits per heavy atom. The van der Waals surface area contributed by atoms with Gasteiger partial charge >= 0.3 is 0 Å². The summed E-state index contributed by atoms with van der Waals surface area (Å²) in [4.78, 5) is 22.9.